The zero-order chi connectivity index (χ0) is 24.4. The second kappa shape index (κ2) is 9.74. The van der Waals surface area contributed by atoms with Crippen LogP contribution in [0.5, 0.6) is 0 Å². The van der Waals surface area contributed by atoms with Gasteiger partial charge in [0.05, 0.1) is 6.04 Å². The van der Waals surface area contributed by atoms with Gasteiger partial charge in [-0.15, -0.1) is 0 Å². The van der Waals surface area contributed by atoms with E-state index in [0.29, 0.717) is 25.2 Å². The number of carbonyl (C=O) groups is 2. The lowest BCUT2D eigenvalue weighted by atomic mass is 9.99. The van der Waals surface area contributed by atoms with Gasteiger partial charge in [0, 0.05) is 37.1 Å². The Morgan fingerprint density at radius 3 is 2.57 bits per heavy atom. The summed E-state index contributed by atoms with van der Waals surface area (Å²) in [5, 5.41) is 2.06. The van der Waals surface area contributed by atoms with E-state index in [9.17, 15) is 14.0 Å². The number of nitrogens with zero attached hydrogens (tertiary/aromatic N) is 3. The van der Waals surface area contributed by atoms with Crippen LogP contribution in [-0.2, 0) is 11.3 Å². The van der Waals surface area contributed by atoms with Crippen LogP contribution in [0.3, 0.4) is 0 Å². The summed E-state index contributed by atoms with van der Waals surface area (Å²) in [4.78, 5) is 30.5. The van der Waals surface area contributed by atoms with Crippen LogP contribution in [0, 0.1) is 5.82 Å². The summed E-state index contributed by atoms with van der Waals surface area (Å²) in [5.41, 5.74) is 2.23. The number of halogens is 1. The molecule has 0 aliphatic carbocycles. The fourth-order valence-corrected chi connectivity index (χ4v) is 4.96. The van der Waals surface area contributed by atoms with E-state index in [-0.39, 0.29) is 24.2 Å². The maximum atomic E-state index is 14.1. The predicted molar refractivity (Wildman–Crippen MR) is 135 cm³/mol. The highest BCUT2D eigenvalue weighted by Crippen LogP contribution is 2.33. The number of benzene rings is 3. The number of carbonyl (C=O) groups excluding carboxylic acids is 2. The number of hydrogen-bond donors (Lipinski definition) is 0. The van der Waals surface area contributed by atoms with E-state index in [1.54, 1.807) is 15.9 Å². The van der Waals surface area contributed by atoms with E-state index in [0.717, 1.165) is 28.5 Å². The maximum absolute atomic E-state index is 14.1. The topological polar surface area (TPSA) is 45.6 Å². The zero-order valence-corrected chi connectivity index (χ0v) is 19.7. The van der Waals surface area contributed by atoms with Crippen molar-refractivity contribution in [2.45, 2.75) is 25.9 Å². The molecular formula is C29H28FN3O2. The molecule has 1 aliphatic rings. The lowest BCUT2D eigenvalue weighted by molar-refractivity contribution is -0.134. The van der Waals surface area contributed by atoms with Crippen molar-refractivity contribution in [2.24, 2.45) is 0 Å². The number of aromatic nitrogens is 1. The minimum atomic E-state index is -0.402. The molecule has 3 aromatic carbocycles. The molecule has 2 heterocycles. The molecule has 0 N–H and O–H groups in total. The highest BCUT2D eigenvalue weighted by atomic mass is 19.1. The second-order valence-corrected chi connectivity index (χ2v) is 8.96. The van der Waals surface area contributed by atoms with E-state index in [1.807, 2.05) is 73.8 Å². The van der Waals surface area contributed by atoms with Gasteiger partial charge in [-0.3, -0.25) is 9.59 Å². The van der Waals surface area contributed by atoms with Crippen molar-refractivity contribution in [3.8, 4) is 0 Å². The Labute approximate surface area is 204 Å². The third-order valence-electron chi connectivity index (χ3n) is 6.63. The van der Waals surface area contributed by atoms with E-state index in [1.165, 1.54) is 12.1 Å². The van der Waals surface area contributed by atoms with Crippen LogP contribution in [0.1, 0.15) is 41.0 Å². The lowest BCUT2D eigenvalue weighted by Crippen LogP contribution is -2.48. The quantitative estimate of drug-likeness (QED) is 0.387. The smallest absolute Gasteiger partial charge is 0.254 e. The fraction of sp³-hybridized carbons (Fsp3) is 0.241. The van der Waals surface area contributed by atoms with Gasteiger partial charge in [-0.2, -0.15) is 0 Å². The normalized spacial score (nSPS) is 15.1. The first kappa shape index (κ1) is 22.8. The van der Waals surface area contributed by atoms with Crippen molar-refractivity contribution >= 4 is 22.6 Å². The molecule has 35 heavy (non-hydrogen) atoms. The van der Waals surface area contributed by atoms with Crippen LogP contribution in [0.4, 0.5) is 4.39 Å². The van der Waals surface area contributed by atoms with Crippen LogP contribution < -0.4 is 0 Å². The van der Waals surface area contributed by atoms with Gasteiger partial charge in [0.25, 0.3) is 5.91 Å². The molecule has 1 atom stereocenters. The molecule has 5 rings (SSSR count). The monoisotopic (exact) mass is 469 g/mol. The Morgan fingerprint density at radius 1 is 0.943 bits per heavy atom. The first-order valence-corrected chi connectivity index (χ1v) is 12.0. The van der Waals surface area contributed by atoms with Gasteiger partial charge < -0.3 is 14.4 Å². The van der Waals surface area contributed by atoms with Crippen molar-refractivity contribution in [3.05, 3.63) is 108 Å². The summed E-state index contributed by atoms with van der Waals surface area (Å²) in [5.74, 6) is -0.638. The Morgan fingerprint density at radius 2 is 1.77 bits per heavy atom. The second-order valence-electron chi connectivity index (χ2n) is 8.96. The molecule has 178 valence electrons. The molecule has 1 aliphatic heterocycles. The minimum Gasteiger partial charge on any atom is -0.348 e. The van der Waals surface area contributed by atoms with Gasteiger partial charge >= 0.3 is 0 Å². The SMILES string of the molecule is CCCN(CC(=O)N1CCn2cccc2C1c1cccc(F)c1)C(=O)c1ccc2ccccc2c1. The molecular weight excluding hydrogens is 441 g/mol. The first-order valence-electron chi connectivity index (χ1n) is 12.0. The van der Waals surface area contributed by atoms with Crippen molar-refractivity contribution in [2.75, 3.05) is 19.6 Å². The zero-order valence-electron chi connectivity index (χ0n) is 19.7. The molecule has 1 unspecified atom stereocenters. The average molecular weight is 470 g/mol. The molecule has 0 radical (unpaired) electrons. The molecule has 2 amide bonds. The molecule has 6 heteroatoms. The van der Waals surface area contributed by atoms with Crippen molar-refractivity contribution < 1.29 is 14.0 Å². The Kier molecular flexibility index (Phi) is 6.36. The maximum Gasteiger partial charge on any atom is 0.254 e. The summed E-state index contributed by atoms with van der Waals surface area (Å²) >= 11 is 0. The number of amides is 2. The van der Waals surface area contributed by atoms with Crippen LogP contribution in [0.25, 0.3) is 10.8 Å². The first-order chi connectivity index (χ1) is 17.0. The number of hydrogen-bond acceptors (Lipinski definition) is 2. The standard InChI is InChI=1S/C29H28FN3O2/c1-2-14-32(29(35)24-13-12-21-7-3-4-8-22(21)18-24)20-27(34)33-17-16-31-15-6-11-26(31)28(33)23-9-5-10-25(30)19-23/h3-13,15,18-19,28H,2,14,16-17,20H2,1H3. The molecule has 0 bridgehead atoms. The fourth-order valence-electron chi connectivity index (χ4n) is 4.96. The largest absolute Gasteiger partial charge is 0.348 e. The molecule has 5 nitrogen and oxygen atoms in total. The van der Waals surface area contributed by atoms with Crippen LogP contribution in [0.15, 0.2) is 85.1 Å². The predicted octanol–water partition coefficient (Wildman–Crippen LogP) is 5.26. The third-order valence-corrected chi connectivity index (χ3v) is 6.63. The van der Waals surface area contributed by atoms with Crippen molar-refractivity contribution in [1.82, 2.24) is 14.4 Å². The summed E-state index contributed by atoms with van der Waals surface area (Å²) in [6.45, 7) is 3.60. The highest BCUT2D eigenvalue weighted by molar-refractivity contribution is 6.00. The van der Waals surface area contributed by atoms with Gasteiger partial charge in [0.15, 0.2) is 0 Å². The van der Waals surface area contributed by atoms with Gasteiger partial charge in [-0.05, 0) is 59.2 Å². The third kappa shape index (κ3) is 4.56. The van der Waals surface area contributed by atoms with Gasteiger partial charge in [-0.1, -0.05) is 49.4 Å². The Bertz CT molecular complexity index is 1380. The van der Waals surface area contributed by atoms with E-state index >= 15 is 0 Å². The lowest BCUT2D eigenvalue weighted by Gasteiger charge is -2.38. The summed E-state index contributed by atoms with van der Waals surface area (Å²) < 4.78 is 16.2. The number of fused-ring (bicyclic) bond motifs is 2. The minimum absolute atomic E-state index is 0.0218. The van der Waals surface area contributed by atoms with Crippen LogP contribution >= 0.6 is 0 Å². The average Bonchev–Trinajstić information content (AvgIpc) is 3.36. The molecule has 0 fully saturated rings. The molecule has 0 saturated carbocycles. The Balaban J connectivity index is 1.42. The van der Waals surface area contributed by atoms with Crippen LogP contribution in [-0.4, -0.2) is 45.8 Å². The summed E-state index contributed by atoms with van der Waals surface area (Å²) in [6.07, 6.45) is 2.72. The Hall–Kier alpha value is -3.93. The van der Waals surface area contributed by atoms with E-state index in [2.05, 4.69) is 4.57 Å². The molecule has 0 spiro atoms. The molecule has 1 aromatic heterocycles. The van der Waals surface area contributed by atoms with Crippen molar-refractivity contribution in [3.63, 3.8) is 0 Å². The van der Waals surface area contributed by atoms with Gasteiger partial charge in [0.2, 0.25) is 5.91 Å². The number of rotatable bonds is 6. The molecule has 0 saturated heterocycles. The van der Waals surface area contributed by atoms with Gasteiger partial charge in [-0.25, -0.2) is 4.39 Å². The molecule has 4 aromatic rings. The van der Waals surface area contributed by atoms with E-state index in [4.69, 9.17) is 0 Å². The van der Waals surface area contributed by atoms with E-state index < -0.39 is 6.04 Å². The van der Waals surface area contributed by atoms with Crippen molar-refractivity contribution in [1.29, 1.82) is 0 Å². The summed E-state index contributed by atoms with van der Waals surface area (Å²) in [7, 11) is 0. The highest BCUT2D eigenvalue weighted by Gasteiger charge is 2.33. The van der Waals surface area contributed by atoms with Crippen LogP contribution in [0.2, 0.25) is 0 Å². The summed E-state index contributed by atoms with van der Waals surface area (Å²) in [6, 6.07) is 23.5. The van der Waals surface area contributed by atoms with Gasteiger partial charge in [0.1, 0.15) is 12.4 Å².